The van der Waals surface area contributed by atoms with Crippen LogP contribution in [0.3, 0.4) is 0 Å². The first-order chi connectivity index (χ1) is 7.82. The Morgan fingerprint density at radius 1 is 1.00 bits per heavy atom. The molecule has 1 rings (SSSR count). The lowest BCUT2D eigenvalue weighted by atomic mass is 9.91. The maximum atomic E-state index is 3.85. The van der Waals surface area contributed by atoms with Crippen molar-refractivity contribution in [2.24, 2.45) is 17.8 Å². The molecule has 0 aromatic carbocycles. The highest BCUT2D eigenvalue weighted by Crippen LogP contribution is 2.35. The molecule has 0 aromatic rings. The van der Waals surface area contributed by atoms with Gasteiger partial charge in [0.2, 0.25) is 0 Å². The Balaban J connectivity index is 2.77. The predicted octanol–water partition coefficient (Wildman–Crippen LogP) is 4.39. The van der Waals surface area contributed by atoms with Gasteiger partial charge in [-0.2, -0.15) is 0 Å². The van der Waals surface area contributed by atoms with Gasteiger partial charge in [-0.15, -0.1) is 0 Å². The molecule has 3 unspecified atom stereocenters. The van der Waals surface area contributed by atoms with Crippen LogP contribution in [0.5, 0.6) is 0 Å². The van der Waals surface area contributed by atoms with Crippen LogP contribution in [0.2, 0.25) is 0 Å². The molecule has 1 aliphatic carbocycles. The summed E-state index contributed by atoms with van der Waals surface area (Å²) < 4.78 is 0. The molecule has 17 heavy (non-hydrogen) atoms. The van der Waals surface area contributed by atoms with Gasteiger partial charge in [0, 0.05) is 12.1 Å². The highest BCUT2D eigenvalue weighted by molar-refractivity contribution is 5.25. The van der Waals surface area contributed by atoms with Crippen LogP contribution in [0.1, 0.15) is 61.3 Å². The quantitative estimate of drug-likeness (QED) is 0.699. The van der Waals surface area contributed by atoms with Crippen LogP contribution in [-0.4, -0.2) is 12.1 Å². The summed E-state index contributed by atoms with van der Waals surface area (Å²) in [6.07, 6.45) is 2.60. The fourth-order valence-corrected chi connectivity index (χ4v) is 2.84. The van der Waals surface area contributed by atoms with Gasteiger partial charge in [-0.05, 0) is 44.4 Å². The average Bonchev–Trinajstić information content (AvgIpc) is 2.53. The average molecular weight is 237 g/mol. The van der Waals surface area contributed by atoms with E-state index in [0.717, 1.165) is 5.92 Å². The third kappa shape index (κ3) is 3.84. The van der Waals surface area contributed by atoms with Gasteiger partial charge >= 0.3 is 0 Å². The molecule has 100 valence electrons. The Labute approximate surface area is 108 Å². The Kier molecular flexibility index (Phi) is 5.24. The molecular weight excluding hydrogens is 206 g/mol. The van der Waals surface area contributed by atoms with Crippen LogP contribution in [0, 0.1) is 17.8 Å². The first-order valence-corrected chi connectivity index (χ1v) is 7.27. The van der Waals surface area contributed by atoms with Gasteiger partial charge in [0.1, 0.15) is 0 Å². The van der Waals surface area contributed by atoms with Crippen LogP contribution in [0.15, 0.2) is 11.1 Å². The maximum Gasteiger partial charge on any atom is 0.0307 e. The number of allylic oxidation sites excluding steroid dienone is 1. The lowest BCUT2D eigenvalue weighted by molar-refractivity contribution is 0.340. The lowest BCUT2D eigenvalue weighted by Gasteiger charge is -2.30. The first-order valence-electron chi connectivity index (χ1n) is 7.27. The minimum absolute atomic E-state index is 0.581. The monoisotopic (exact) mass is 237 g/mol. The van der Waals surface area contributed by atoms with Crippen LogP contribution in [0.25, 0.3) is 0 Å². The van der Waals surface area contributed by atoms with E-state index in [9.17, 15) is 0 Å². The first kappa shape index (κ1) is 14.8. The highest BCUT2D eigenvalue weighted by Gasteiger charge is 2.27. The molecule has 1 N–H and O–H groups in total. The molecule has 0 radical (unpaired) electrons. The van der Waals surface area contributed by atoms with Crippen molar-refractivity contribution in [2.45, 2.75) is 73.4 Å². The van der Waals surface area contributed by atoms with Gasteiger partial charge in [0.05, 0.1) is 0 Å². The van der Waals surface area contributed by atoms with Gasteiger partial charge in [0.15, 0.2) is 0 Å². The predicted molar refractivity (Wildman–Crippen MR) is 77.2 cm³/mol. The third-order valence-electron chi connectivity index (χ3n) is 4.26. The highest BCUT2D eigenvalue weighted by atomic mass is 15.0. The Bertz CT molecular complexity index is 275. The summed E-state index contributed by atoms with van der Waals surface area (Å²) in [5, 5.41) is 3.85. The van der Waals surface area contributed by atoms with Crippen molar-refractivity contribution >= 4 is 0 Å². The van der Waals surface area contributed by atoms with Crippen molar-refractivity contribution in [2.75, 3.05) is 0 Å². The summed E-state index contributed by atoms with van der Waals surface area (Å²) in [6.45, 7) is 16.3. The Morgan fingerprint density at radius 2 is 1.59 bits per heavy atom. The molecular formula is C16H31N. The topological polar surface area (TPSA) is 12.0 Å². The number of nitrogens with one attached hydrogen (secondary N) is 1. The molecule has 0 saturated carbocycles. The van der Waals surface area contributed by atoms with Crippen molar-refractivity contribution in [1.29, 1.82) is 0 Å². The fourth-order valence-electron chi connectivity index (χ4n) is 2.84. The maximum absolute atomic E-state index is 3.85. The SMILES string of the molecule is CC1=C(C(NC(C)C(C)C)C(C)C)CC(C)C1. The molecule has 0 heterocycles. The summed E-state index contributed by atoms with van der Waals surface area (Å²) in [6, 6.07) is 1.18. The van der Waals surface area contributed by atoms with Crippen LogP contribution < -0.4 is 5.32 Å². The van der Waals surface area contributed by atoms with Gasteiger partial charge in [-0.3, -0.25) is 0 Å². The zero-order chi connectivity index (χ0) is 13.2. The summed E-state index contributed by atoms with van der Waals surface area (Å²) >= 11 is 0. The minimum atomic E-state index is 0.581. The minimum Gasteiger partial charge on any atom is -0.307 e. The van der Waals surface area contributed by atoms with Crippen LogP contribution in [-0.2, 0) is 0 Å². The number of hydrogen-bond donors (Lipinski definition) is 1. The van der Waals surface area contributed by atoms with Crippen molar-refractivity contribution in [3.63, 3.8) is 0 Å². The molecule has 0 saturated heterocycles. The third-order valence-corrected chi connectivity index (χ3v) is 4.26. The van der Waals surface area contributed by atoms with Gasteiger partial charge < -0.3 is 5.32 Å². The summed E-state index contributed by atoms with van der Waals surface area (Å²) in [5.41, 5.74) is 3.33. The van der Waals surface area contributed by atoms with E-state index in [1.807, 2.05) is 0 Å². The Hall–Kier alpha value is -0.300. The zero-order valence-corrected chi connectivity index (χ0v) is 12.8. The molecule has 3 atom stereocenters. The molecule has 0 aromatic heterocycles. The normalized spacial score (nSPS) is 24.9. The van der Waals surface area contributed by atoms with Gasteiger partial charge in [-0.1, -0.05) is 45.8 Å². The van der Waals surface area contributed by atoms with Gasteiger partial charge in [-0.25, -0.2) is 0 Å². The van der Waals surface area contributed by atoms with E-state index < -0.39 is 0 Å². The molecule has 0 fully saturated rings. The summed E-state index contributed by atoms with van der Waals surface area (Å²) in [7, 11) is 0. The van der Waals surface area contributed by atoms with Crippen LogP contribution >= 0.6 is 0 Å². The standard InChI is InChI=1S/C16H31N/c1-10(2)14(7)17-16(11(3)4)15-9-12(5)8-13(15)6/h10-12,14,16-17H,8-9H2,1-7H3. The van der Waals surface area contributed by atoms with E-state index in [1.54, 1.807) is 11.1 Å². The largest absolute Gasteiger partial charge is 0.307 e. The molecule has 1 nitrogen and oxygen atoms in total. The van der Waals surface area contributed by atoms with E-state index in [1.165, 1.54) is 12.8 Å². The van der Waals surface area contributed by atoms with Gasteiger partial charge in [0.25, 0.3) is 0 Å². The van der Waals surface area contributed by atoms with Crippen molar-refractivity contribution in [1.82, 2.24) is 5.32 Å². The van der Waals surface area contributed by atoms with E-state index in [-0.39, 0.29) is 0 Å². The Morgan fingerprint density at radius 3 is 1.94 bits per heavy atom. The second kappa shape index (κ2) is 6.04. The zero-order valence-electron chi connectivity index (χ0n) is 12.8. The second-order valence-corrected chi connectivity index (χ2v) is 6.74. The van der Waals surface area contributed by atoms with E-state index in [4.69, 9.17) is 0 Å². The fraction of sp³-hybridized carbons (Fsp3) is 0.875. The van der Waals surface area contributed by atoms with E-state index in [0.29, 0.717) is 23.9 Å². The van der Waals surface area contributed by atoms with E-state index in [2.05, 4.69) is 53.8 Å². The molecule has 1 aliphatic rings. The number of hydrogen-bond acceptors (Lipinski definition) is 1. The van der Waals surface area contributed by atoms with Crippen molar-refractivity contribution < 1.29 is 0 Å². The summed E-state index contributed by atoms with van der Waals surface area (Å²) in [4.78, 5) is 0. The molecule has 0 spiro atoms. The molecule has 0 bridgehead atoms. The lowest BCUT2D eigenvalue weighted by Crippen LogP contribution is -2.43. The van der Waals surface area contributed by atoms with E-state index >= 15 is 0 Å². The van der Waals surface area contributed by atoms with Crippen molar-refractivity contribution in [3.8, 4) is 0 Å². The summed E-state index contributed by atoms with van der Waals surface area (Å²) in [5.74, 6) is 2.24. The molecule has 0 amide bonds. The van der Waals surface area contributed by atoms with Crippen LogP contribution in [0.4, 0.5) is 0 Å². The molecule has 0 aliphatic heterocycles. The molecule has 1 heteroatoms. The second-order valence-electron chi connectivity index (χ2n) is 6.74. The smallest absolute Gasteiger partial charge is 0.0307 e. The van der Waals surface area contributed by atoms with Crippen molar-refractivity contribution in [3.05, 3.63) is 11.1 Å². The number of rotatable bonds is 5.